The van der Waals surface area contributed by atoms with Crippen LogP contribution < -0.4 is 0 Å². The van der Waals surface area contributed by atoms with Crippen LogP contribution in [0, 0.1) is 0 Å². The molecule has 3 aromatic rings. The highest BCUT2D eigenvalue weighted by atomic mass is 79.9. The van der Waals surface area contributed by atoms with Gasteiger partial charge in [-0.3, -0.25) is 0 Å². The van der Waals surface area contributed by atoms with Crippen molar-refractivity contribution < 1.29 is 0 Å². The van der Waals surface area contributed by atoms with Crippen molar-refractivity contribution in [2.75, 3.05) is 0 Å². The average Bonchev–Trinajstić information content (AvgIpc) is 2.39. The number of rotatable bonds is 0. The van der Waals surface area contributed by atoms with Crippen molar-refractivity contribution in [2.45, 2.75) is 6.42 Å². The zero-order chi connectivity index (χ0) is 12.1. The van der Waals surface area contributed by atoms with Crippen LogP contribution in [0.4, 0.5) is 0 Å². The Morgan fingerprint density at radius 1 is 0.778 bits per heavy atom. The Morgan fingerprint density at radius 2 is 1.61 bits per heavy atom. The first-order valence-corrected chi connectivity index (χ1v) is 6.92. The highest BCUT2D eigenvalue weighted by molar-refractivity contribution is 9.10. The topological polar surface area (TPSA) is 0 Å². The summed E-state index contributed by atoms with van der Waals surface area (Å²) in [6.07, 6.45) is 1.03. The van der Waals surface area contributed by atoms with Gasteiger partial charge in [-0.2, -0.15) is 0 Å². The molecule has 4 rings (SSSR count). The van der Waals surface area contributed by atoms with Gasteiger partial charge in [-0.05, 0) is 51.6 Å². The first-order valence-electron chi connectivity index (χ1n) is 6.12. The van der Waals surface area contributed by atoms with Crippen molar-refractivity contribution in [2.24, 2.45) is 0 Å². The van der Waals surface area contributed by atoms with Crippen LogP contribution in [0.5, 0.6) is 0 Å². The van der Waals surface area contributed by atoms with Gasteiger partial charge >= 0.3 is 0 Å². The third kappa shape index (κ3) is 1.37. The van der Waals surface area contributed by atoms with Gasteiger partial charge in [-0.25, -0.2) is 0 Å². The van der Waals surface area contributed by atoms with Crippen LogP contribution in [-0.2, 0) is 6.42 Å². The van der Waals surface area contributed by atoms with Crippen molar-refractivity contribution >= 4 is 26.7 Å². The summed E-state index contributed by atoms with van der Waals surface area (Å²) in [7, 11) is 0. The van der Waals surface area contributed by atoms with Gasteiger partial charge in [-0.15, -0.1) is 0 Å². The predicted molar refractivity (Wildman–Crippen MR) is 79.9 cm³/mol. The molecule has 1 aliphatic rings. The molecule has 0 atom stereocenters. The third-order valence-corrected chi connectivity index (χ3v) is 4.22. The lowest BCUT2D eigenvalue weighted by Gasteiger charge is -2.20. The molecule has 0 bridgehead atoms. The van der Waals surface area contributed by atoms with E-state index in [9.17, 15) is 0 Å². The van der Waals surface area contributed by atoms with E-state index in [0.29, 0.717) is 0 Å². The molecule has 0 nitrogen and oxygen atoms in total. The molecular weight excluding hydrogens is 284 g/mol. The maximum absolute atomic E-state index is 3.57. The van der Waals surface area contributed by atoms with Crippen molar-refractivity contribution in [3.8, 4) is 11.1 Å². The normalized spacial score (nSPS) is 12.5. The van der Waals surface area contributed by atoms with Crippen molar-refractivity contribution in [1.29, 1.82) is 0 Å². The summed E-state index contributed by atoms with van der Waals surface area (Å²) in [5.41, 5.74) is 5.60. The summed E-state index contributed by atoms with van der Waals surface area (Å²) in [5, 5.41) is 2.77. The van der Waals surface area contributed by atoms with Crippen LogP contribution in [0.2, 0.25) is 0 Å². The zero-order valence-electron chi connectivity index (χ0n) is 9.78. The van der Waals surface area contributed by atoms with E-state index in [1.54, 1.807) is 0 Å². The highest BCUT2D eigenvalue weighted by Gasteiger charge is 2.17. The van der Waals surface area contributed by atoms with Gasteiger partial charge in [0.1, 0.15) is 0 Å². The predicted octanol–water partition coefficient (Wildman–Crippen LogP) is 5.17. The monoisotopic (exact) mass is 294 g/mol. The standard InChI is InChI=1S/C17H11Br/c18-14-7-8-15-13(10-14)9-12-5-1-3-11-4-2-6-16(15)17(11)12/h1-8,10H,9H2. The molecule has 0 aromatic heterocycles. The quantitative estimate of drug-likeness (QED) is 0.419. The fraction of sp³-hybridized carbons (Fsp3) is 0.0588. The van der Waals surface area contributed by atoms with E-state index in [1.807, 2.05) is 0 Å². The summed E-state index contributed by atoms with van der Waals surface area (Å²) in [6, 6.07) is 19.8. The summed E-state index contributed by atoms with van der Waals surface area (Å²) in [6.45, 7) is 0. The van der Waals surface area contributed by atoms with Gasteiger partial charge in [-0.1, -0.05) is 58.4 Å². The first-order chi connectivity index (χ1) is 8.83. The van der Waals surface area contributed by atoms with Crippen LogP contribution in [0.1, 0.15) is 11.1 Å². The third-order valence-electron chi connectivity index (χ3n) is 3.73. The molecule has 1 heteroatoms. The van der Waals surface area contributed by atoms with Gasteiger partial charge in [0.05, 0.1) is 0 Å². The summed E-state index contributed by atoms with van der Waals surface area (Å²) >= 11 is 3.57. The molecule has 0 spiro atoms. The average molecular weight is 295 g/mol. The van der Waals surface area contributed by atoms with E-state index >= 15 is 0 Å². The fourth-order valence-electron chi connectivity index (χ4n) is 2.97. The van der Waals surface area contributed by atoms with Crippen molar-refractivity contribution in [3.63, 3.8) is 0 Å². The second-order valence-electron chi connectivity index (χ2n) is 4.80. The second-order valence-corrected chi connectivity index (χ2v) is 5.71. The maximum atomic E-state index is 3.57. The number of benzene rings is 3. The van der Waals surface area contributed by atoms with Gasteiger partial charge in [0, 0.05) is 4.47 Å². The lowest BCUT2D eigenvalue weighted by atomic mass is 9.84. The minimum absolute atomic E-state index is 1.03. The molecule has 86 valence electrons. The molecule has 0 N–H and O–H groups in total. The lowest BCUT2D eigenvalue weighted by molar-refractivity contribution is 1.19. The Bertz CT molecular complexity index is 766. The van der Waals surface area contributed by atoms with E-state index < -0.39 is 0 Å². The number of fused-ring (bicyclic) bond motifs is 2. The Balaban J connectivity index is 2.17. The number of hydrogen-bond donors (Lipinski definition) is 0. The van der Waals surface area contributed by atoms with Gasteiger partial charge in [0.15, 0.2) is 0 Å². The minimum atomic E-state index is 1.03. The van der Waals surface area contributed by atoms with Gasteiger partial charge < -0.3 is 0 Å². The smallest absolute Gasteiger partial charge is 0.0178 e. The second kappa shape index (κ2) is 3.69. The van der Waals surface area contributed by atoms with Gasteiger partial charge in [0.25, 0.3) is 0 Å². The molecule has 0 amide bonds. The van der Waals surface area contributed by atoms with Gasteiger partial charge in [0.2, 0.25) is 0 Å². The van der Waals surface area contributed by atoms with E-state index in [4.69, 9.17) is 0 Å². The Kier molecular flexibility index (Phi) is 2.12. The Hall–Kier alpha value is -1.60. The molecule has 0 unspecified atom stereocenters. The fourth-order valence-corrected chi connectivity index (χ4v) is 3.38. The van der Waals surface area contributed by atoms with Crippen LogP contribution >= 0.6 is 15.9 Å². The van der Waals surface area contributed by atoms with E-state index in [1.165, 1.54) is 33.0 Å². The molecular formula is C17H11Br. The van der Waals surface area contributed by atoms with E-state index in [-0.39, 0.29) is 0 Å². The zero-order valence-corrected chi connectivity index (χ0v) is 11.4. The van der Waals surface area contributed by atoms with Crippen LogP contribution in [0.15, 0.2) is 59.1 Å². The largest absolute Gasteiger partial charge is 0.0613 e. The van der Waals surface area contributed by atoms with Crippen molar-refractivity contribution in [1.82, 2.24) is 0 Å². The first kappa shape index (κ1) is 10.3. The summed E-state index contributed by atoms with van der Waals surface area (Å²) < 4.78 is 1.16. The number of hydrogen-bond acceptors (Lipinski definition) is 0. The lowest BCUT2D eigenvalue weighted by Crippen LogP contribution is -2.00. The molecule has 0 aliphatic heterocycles. The minimum Gasteiger partial charge on any atom is -0.0613 e. The molecule has 0 saturated heterocycles. The molecule has 3 aromatic carbocycles. The van der Waals surface area contributed by atoms with Crippen molar-refractivity contribution in [3.05, 3.63) is 70.2 Å². The van der Waals surface area contributed by atoms with Crippen LogP contribution in [0.25, 0.3) is 21.9 Å². The summed E-state index contributed by atoms with van der Waals surface area (Å²) in [5.74, 6) is 0. The molecule has 18 heavy (non-hydrogen) atoms. The maximum Gasteiger partial charge on any atom is 0.0178 e. The molecule has 0 fully saturated rings. The van der Waals surface area contributed by atoms with E-state index in [0.717, 1.165) is 10.9 Å². The SMILES string of the molecule is Brc1ccc2c(c1)Cc1cccc3cccc-2c13. The molecule has 1 aliphatic carbocycles. The molecule has 0 radical (unpaired) electrons. The number of halogens is 1. The van der Waals surface area contributed by atoms with E-state index in [2.05, 4.69) is 70.5 Å². The Labute approximate surface area is 114 Å². The molecule has 0 saturated carbocycles. The molecule has 0 heterocycles. The van der Waals surface area contributed by atoms with Crippen LogP contribution in [-0.4, -0.2) is 0 Å². The van der Waals surface area contributed by atoms with Crippen LogP contribution in [0.3, 0.4) is 0 Å². The summed E-state index contributed by atoms with van der Waals surface area (Å²) in [4.78, 5) is 0. The highest BCUT2D eigenvalue weighted by Crippen LogP contribution is 2.39. The Morgan fingerprint density at radius 3 is 2.50 bits per heavy atom.